The highest BCUT2D eigenvalue weighted by Crippen LogP contribution is 2.20. The molecule has 2 rings (SSSR count). The van der Waals surface area contributed by atoms with Gasteiger partial charge in [-0.15, -0.1) is 0 Å². The van der Waals surface area contributed by atoms with Crippen LogP contribution in [0.3, 0.4) is 0 Å². The van der Waals surface area contributed by atoms with Gasteiger partial charge in [-0.2, -0.15) is 9.30 Å². The van der Waals surface area contributed by atoms with Gasteiger partial charge >= 0.3 is 5.97 Å². The number of fused-ring (bicyclic) bond motifs is 1. The van der Waals surface area contributed by atoms with Gasteiger partial charge in [0, 0.05) is 20.2 Å². The van der Waals surface area contributed by atoms with Crippen LogP contribution in [0.4, 0.5) is 0 Å². The Morgan fingerprint density at radius 1 is 1.32 bits per heavy atom. The predicted molar refractivity (Wildman–Crippen MR) is 106 cm³/mol. The second-order valence-corrected chi connectivity index (χ2v) is 9.03. The fourth-order valence-corrected chi connectivity index (χ4v) is 3.83. The molecule has 0 spiro atoms. The van der Waals surface area contributed by atoms with E-state index >= 15 is 0 Å². The van der Waals surface area contributed by atoms with E-state index in [9.17, 15) is 18.0 Å². The number of carbonyl (C=O) groups excluding carboxylic acids is 2. The number of hydrogen-bond acceptors (Lipinski definition) is 7. The lowest BCUT2D eigenvalue weighted by atomic mass is 10.2. The third kappa shape index (κ3) is 5.47. The van der Waals surface area contributed by atoms with Crippen LogP contribution in [0.25, 0.3) is 10.2 Å². The van der Waals surface area contributed by atoms with Crippen molar-refractivity contribution in [1.82, 2.24) is 8.87 Å². The zero-order chi connectivity index (χ0) is 20.9. The Hall–Kier alpha value is -2.08. The van der Waals surface area contributed by atoms with E-state index < -0.39 is 21.9 Å². The second kappa shape index (κ2) is 9.41. The van der Waals surface area contributed by atoms with Crippen LogP contribution in [-0.2, 0) is 30.8 Å². The summed E-state index contributed by atoms with van der Waals surface area (Å²) in [6, 6.07) is 5.08. The van der Waals surface area contributed by atoms with Gasteiger partial charge in [0.25, 0.3) is 5.91 Å². The number of methoxy groups -OCH3 is 1. The summed E-state index contributed by atoms with van der Waals surface area (Å²) >= 11 is 1.23. The van der Waals surface area contributed by atoms with Crippen LogP contribution in [0.15, 0.2) is 23.2 Å². The molecule has 2 aromatic rings. The number of thiazole rings is 1. The largest absolute Gasteiger partial charge is 0.465 e. The lowest BCUT2D eigenvalue weighted by molar-refractivity contribution is -0.118. The quantitative estimate of drug-likeness (QED) is 0.455. The molecular formula is C17H23N3O6S2. The summed E-state index contributed by atoms with van der Waals surface area (Å²) in [4.78, 5) is 28.5. The first-order valence-electron chi connectivity index (χ1n) is 8.45. The summed E-state index contributed by atoms with van der Waals surface area (Å²) in [7, 11) is -0.857. The van der Waals surface area contributed by atoms with Crippen LogP contribution in [0.5, 0.6) is 0 Å². The lowest BCUT2D eigenvalue weighted by Gasteiger charge is -2.10. The second-order valence-electron chi connectivity index (χ2n) is 5.93. The summed E-state index contributed by atoms with van der Waals surface area (Å²) in [5, 5.41) is 0. The predicted octanol–water partition coefficient (Wildman–Crippen LogP) is 0.845. The van der Waals surface area contributed by atoms with E-state index in [-0.39, 0.29) is 6.54 Å². The molecule has 1 aromatic carbocycles. The van der Waals surface area contributed by atoms with E-state index in [0.717, 1.165) is 20.8 Å². The number of amides is 1. The zero-order valence-corrected chi connectivity index (χ0v) is 17.8. The molecule has 11 heteroatoms. The number of nitrogens with zero attached hydrogens (tertiary/aromatic N) is 3. The number of rotatable bonds is 8. The van der Waals surface area contributed by atoms with Crippen LogP contribution in [0.1, 0.15) is 17.3 Å². The number of hydrogen-bond donors (Lipinski definition) is 0. The molecule has 0 fully saturated rings. The molecule has 1 amide bonds. The molecule has 0 aliphatic carbocycles. The Bertz CT molecular complexity index is 1040. The number of ether oxygens (including phenoxy) is 2. The summed E-state index contributed by atoms with van der Waals surface area (Å²) < 4.78 is 36.6. The summed E-state index contributed by atoms with van der Waals surface area (Å²) in [6.45, 7) is 2.96. The topological polar surface area (TPSA) is 107 Å². The van der Waals surface area contributed by atoms with Gasteiger partial charge < -0.3 is 14.0 Å². The number of carbonyl (C=O) groups is 2. The Kier molecular flexibility index (Phi) is 7.47. The molecule has 0 saturated carbocycles. The molecule has 0 N–H and O–H groups in total. The molecule has 0 atom stereocenters. The average Bonchev–Trinajstić information content (AvgIpc) is 2.96. The van der Waals surface area contributed by atoms with E-state index in [1.54, 1.807) is 18.2 Å². The smallest absolute Gasteiger partial charge is 0.337 e. The van der Waals surface area contributed by atoms with Crippen molar-refractivity contribution in [2.24, 2.45) is 4.99 Å². The van der Waals surface area contributed by atoms with Crippen molar-refractivity contribution in [3.8, 4) is 0 Å². The van der Waals surface area contributed by atoms with Gasteiger partial charge in [-0.25, -0.2) is 13.2 Å². The van der Waals surface area contributed by atoms with Crippen LogP contribution in [0.2, 0.25) is 0 Å². The monoisotopic (exact) mass is 429 g/mol. The first kappa shape index (κ1) is 22.2. The van der Waals surface area contributed by atoms with Crippen LogP contribution >= 0.6 is 11.3 Å². The van der Waals surface area contributed by atoms with Crippen molar-refractivity contribution in [3.05, 3.63) is 28.6 Å². The molecule has 0 aliphatic heterocycles. The molecule has 1 heterocycles. The molecule has 0 aliphatic rings. The van der Waals surface area contributed by atoms with Gasteiger partial charge in [-0.05, 0) is 25.1 Å². The number of esters is 1. The molecule has 154 valence electrons. The lowest BCUT2D eigenvalue weighted by Crippen LogP contribution is -2.31. The van der Waals surface area contributed by atoms with Crippen LogP contribution < -0.4 is 4.80 Å². The Labute approximate surface area is 167 Å². The minimum Gasteiger partial charge on any atom is -0.465 e. The van der Waals surface area contributed by atoms with Gasteiger partial charge in [0.05, 0.1) is 42.3 Å². The number of likely N-dealkylation sites (N-methyl/N-ethyl adjacent to an activating group) is 1. The van der Waals surface area contributed by atoms with Gasteiger partial charge in [0.1, 0.15) is 0 Å². The Morgan fingerprint density at radius 2 is 2.04 bits per heavy atom. The maximum atomic E-state index is 12.3. The molecule has 0 unspecified atom stereocenters. The summed E-state index contributed by atoms with van der Waals surface area (Å²) in [5.74, 6) is -1.04. The molecule has 1 aromatic heterocycles. The van der Waals surface area contributed by atoms with Crippen molar-refractivity contribution >= 4 is 43.5 Å². The molecule has 0 radical (unpaired) electrons. The van der Waals surface area contributed by atoms with Crippen molar-refractivity contribution in [1.29, 1.82) is 0 Å². The summed E-state index contributed by atoms with van der Waals surface area (Å²) in [6.07, 6.45) is 1.02. The highest BCUT2D eigenvalue weighted by Gasteiger charge is 2.16. The van der Waals surface area contributed by atoms with E-state index in [4.69, 9.17) is 9.47 Å². The minimum absolute atomic E-state index is 0.355. The fourth-order valence-electron chi connectivity index (χ4n) is 2.37. The van der Waals surface area contributed by atoms with Crippen molar-refractivity contribution in [3.63, 3.8) is 0 Å². The van der Waals surface area contributed by atoms with Gasteiger partial charge in [0.2, 0.25) is 10.0 Å². The van der Waals surface area contributed by atoms with Gasteiger partial charge in [-0.1, -0.05) is 11.3 Å². The SMILES string of the molecule is CCOCCn1c(=NC(=O)CN(C)S(C)(=O)=O)sc2cc(C(=O)OC)ccc21. The highest BCUT2D eigenvalue weighted by molar-refractivity contribution is 7.88. The zero-order valence-electron chi connectivity index (χ0n) is 16.2. The van der Waals surface area contributed by atoms with E-state index in [1.807, 2.05) is 11.5 Å². The molecule has 9 nitrogen and oxygen atoms in total. The van der Waals surface area contributed by atoms with Crippen molar-refractivity contribution < 1.29 is 27.5 Å². The molecular weight excluding hydrogens is 406 g/mol. The van der Waals surface area contributed by atoms with Gasteiger partial charge in [-0.3, -0.25) is 4.79 Å². The third-order valence-corrected chi connectivity index (χ3v) is 6.21. The number of sulfonamides is 1. The Morgan fingerprint density at radius 3 is 2.64 bits per heavy atom. The number of benzene rings is 1. The normalized spacial score (nSPS) is 12.7. The third-order valence-electron chi connectivity index (χ3n) is 3.91. The Balaban J connectivity index is 2.47. The first-order chi connectivity index (χ1) is 13.2. The highest BCUT2D eigenvalue weighted by atomic mass is 32.2. The maximum absolute atomic E-state index is 12.3. The first-order valence-corrected chi connectivity index (χ1v) is 11.1. The summed E-state index contributed by atoms with van der Waals surface area (Å²) in [5.41, 5.74) is 1.18. The fraction of sp³-hybridized carbons (Fsp3) is 0.471. The average molecular weight is 430 g/mol. The maximum Gasteiger partial charge on any atom is 0.337 e. The van der Waals surface area contributed by atoms with E-state index in [2.05, 4.69) is 4.99 Å². The minimum atomic E-state index is -3.48. The molecule has 0 bridgehead atoms. The number of aromatic nitrogens is 1. The van der Waals surface area contributed by atoms with Crippen molar-refractivity contribution in [2.75, 3.05) is 40.2 Å². The molecule has 28 heavy (non-hydrogen) atoms. The molecule has 0 saturated heterocycles. The van der Waals surface area contributed by atoms with Crippen LogP contribution in [-0.4, -0.2) is 69.3 Å². The van der Waals surface area contributed by atoms with Crippen molar-refractivity contribution in [2.45, 2.75) is 13.5 Å². The van der Waals surface area contributed by atoms with Crippen LogP contribution in [0, 0.1) is 0 Å². The van der Waals surface area contributed by atoms with Gasteiger partial charge in [0.15, 0.2) is 4.80 Å². The van der Waals surface area contributed by atoms with E-state index in [1.165, 1.54) is 25.5 Å². The standard InChI is InChI=1S/C17H23N3O6S2/c1-5-26-9-8-20-13-7-6-12(16(22)25-3)10-14(13)27-17(20)18-15(21)11-19(2)28(4,23)24/h6-7,10H,5,8-9,11H2,1-4H3. The van der Waals surface area contributed by atoms with E-state index in [0.29, 0.717) is 30.1 Å².